The summed E-state index contributed by atoms with van der Waals surface area (Å²) < 4.78 is 9.11. The summed E-state index contributed by atoms with van der Waals surface area (Å²) in [5, 5.41) is 13.2. The lowest BCUT2D eigenvalue weighted by atomic mass is 9.95. The van der Waals surface area contributed by atoms with Gasteiger partial charge in [0.2, 0.25) is 0 Å². The number of likely N-dealkylation sites (tertiary alicyclic amines) is 1. The molecule has 0 bridgehead atoms. The predicted molar refractivity (Wildman–Crippen MR) is 129 cm³/mol. The molecule has 0 spiro atoms. The summed E-state index contributed by atoms with van der Waals surface area (Å²) in [7, 11) is 3.67. The first-order valence-electron chi connectivity index (χ1n) is 10.9. The number of hydrogen-bond donors (Lipinski definition) is 1. The number of anilines is 1. The summed E-state index contributed by atoms with van der Waals surface area (Å²) in [6.07, 6.45) is 5.74. The van der Waals surface area contributed by atoms with Crippen LogP contribution in [0.1, 0.15) is 5.56 Å². The van der Waals surface area contributed by atoms with Crippen molar-refractivity contribution in [1.82, 2.24) is 24.5 Å². The third kappa shape index (κ3) is 4.40. The Balaban J connectivity index is 1.72. The summed E-state index contributed by atoms with van der Waals surface area (Å²) in [4.78, 5) is 2.42. The van der Waals surface area contributed by atoms with Crippen molar-refractivity contribution in [2.45, 2.75) is 13.0 Å². The van der Waals surface area contributed by atoms with Crippen molar-refractivity contribution in [3.63, 3.8) is 0 Å². The van der Waals surface area contributed by atoms with Crippen LogP contribution >= 0.6 is 0 Å². The monoisotopic (exact) mass is 432 g/mol. The molecule has 1 aromatic carbocycles. The number of aromatic nitrogens is 4. The van der Waals surface area contributed by atoms with E-state index in [9.17, 15) is 0 Å². The Morgan fingerprint density at radius 3 is 2.72 bits per heavy atom. The molecular weight excluding hydrogens is 400 g/mol. The van der Waals surface area contributed by atoms with Crippen molar-refractivity contribution in [1.29, 1.82) is 0 Å². The van der Waals surface area contributed by atoms with Crippen LogP contribution in [0, 0.1) is 12.8 Å². The summed E-state index contributed by atoms with van der Waals surface area (Å²) in [6.45, 7) is 13.8. The van der Waals surface area contributed by atoms with E-state index in [0.29, 0.717) is 6.61 Å². The zero-order valence-electron chi connectivity index (χ0n) is 19.2. The van der Waals surface area contributed by atoms with Crippen molar-refractivity contribution >= 4 is 5.82 Å². The van der Waals surface area contributed by atoms with Gasteiger partial charge in [0.05, 0.1) is 18.5 Å². The van der Waals surface area contributed by atoms with Gasteiger partial charge in [0, 0.05) is 63.1 Å². The van der Waals surface area contributed by atoms with Crippen LogP contribution in [0.5, 0.6) is 0 Å². The molecule has 0 saturated carbocycles. The van der Waals surface area contributed by atoms with Gasteiger partial charge in [-0.3, -0.25) is 9.58 Å². The molecule has 0 amide bonds. The normalized spacial score (nSPS) is 18.7. The van der Waals surface area contributed by atoms with Gasteiger partial charge in [0.1, 0.15) is 11.5 Å². The third-order valence-corrected chi connectivity index (χ3v) is 6.17. The number of aryl methyl sites for hydroxylation is 1. The van der Waals surface area contributed by atoms with E-state index in [4.69, 9.17) is 9.84 Å². The lowest BCUT2D eigenvalue weighted by Crippen LogP contribution is -2.31. The molecule has 2 aromatic heterocycles. The second kappa shape index (κ2) is 9.54. The molecule has 1 fully saturated rings. The van der Waals surface area contributed by atoms with Gasteiger partial charge in [0.25, 0.3) is 0 Å². The van der Waals surface area contributed by atoms with E-state index < -0.39 is 0 Å². The van der Waals surface area contributed by atoms with Gasteiger partial charge >= 0.3 is 0 Å². The quantitative estimate of drug-likeness (QED) is 0.523. The lowest BCUT2D eigenvalue weighted by Gasteiger charge is -2.22. The molecule has 7 nitrogen and oxygen atoms in total. The number of rotatable bonds is 9. The van der Waals surface area contributed by atoms with Crippen LogP contribution in [0.25, 0.3) is 16.9 Å². The first kappa shape index (κ1) is 22.0. The molecule has 1 aliphatic heterocycles. The summed E-state index contributed by atoms with van der Waals surface area (Å²) >= 11 is 0. The fourth-order valence-corrected chi connectivity index (χ4v) is 4.38. The van der Waals surface area contributed by atoms with Crippen LogP contribution in [0.4, 0.5) is 5.82 Å². The maximum atomic E-state index is 5.30. The van der Waals surface area contributed by atoms with Crippen molar-refractivity contribution in [2.75, 3.05) is 38.7 Å². The van der Waals surface area contributed by atoms with E-state index in [1.165, 1.54) is 0 Å². The van der Waals surface area contributed by atoms with E-state index in [1.54, 1.807) is 11.8 Å². The van der Waals surface area contributed by atoms with Gasteiger partial charge in [-0.05, 0) is 24.6 Å². The highest BCUT2D eigenvalue weighted by Crippen LogP contribution is 2.33. The molecule has 1 N–H and O–H groups in total. The molecule has 168 valence electrons. The molecule has 1 aliphatic rings. The number of methoxy groups -OCH3 is 1. The molecule has 0 aliphatic carbocycles. The smallest absolute Gasteiger partial charge is 0.133 e. The van der Waals surface area contributed by atoms with Crippen molar-refractivity contribution in [3.05, 3.63) is 73.1 Å². The minimum atomic E-state index is 0.192. The van der Waals surface area contributed by atoms with Gasteiger partial charge < -0.3 is 10.1 Å². The Kier molecular flexibility index (Phi) is 6.58. The highest BCUT2D eigenvalue weighted by atomic mass is 16.5. The highest BCUT2D eigenvalue weighted by molar-refractivity contribution is 5.70. The minimum absolute atomic E-state index is 0.192. The fourth-order valence-electron chi connectivity index (χ4n) is 4.38. The van der Waals surface area contributed by atoms with E-state index in [2.05, 4.69) is 47.5 Å². The largest absolute Gasteiger partial charge is 0.383 e. The Morgan fingerprint density at radius 1 is 1.28 bits per heavy atom. The SMILES string of the molecule is C=CC(=C)[C@@H]1CN(CCOC)CC1Nc1c(C)c(-c2cnn(C)c2)nn1-c1ccccc1. The lowest BCUT2D eigenvalue weighted by molar-refractivity contribution is 0.159. The summed E-state index contributed by atoms with van der Waals surface area (Å²) in [5.74, 6) is 1.26. The molecule has 7 heteroatoms. The maximum Gasteiger partial charge on any atom is 0.133 e. The number of para-hydroxylation sites is 1. The zero-order valence-corrected chi connectivity index (χ0v) is 19.2. The fraction of sp³-hybridized carbons (Fsp3) is 0.360. The highest BCUT2D eigenvalue weighted by Gasteiger charge is 2.35. The van der Waals surface area contributed by atoms with E-state index in [1.807, 2.05) is 48.4 Å². The number of ether oxygens (including phenoxy) is 1. The molecule has 0 radical (unpaired) electrons. The van der Waals surface area contributed by atoms with Crippen LogP contribution in [0.3, 0.4) is 0 Å². The first-order valence-corrected chi connectivity index (χ1v) is 10.9. The number of nitrogens with one attached hydrogen (secondary N) is 1. The maximum absolute atomic E-state index is 5.30. The van der Waals surface area contributed by atoms with E-state index in [0.717, 1.165) is 53.5 Å². The second-order valence-corrected chi connectivity index (χ2v) is 8.36. The Bertz CT molecular complexity index is 1080. The third-order valence-electron chi connectivity index (χ3n) is 6.17. The van der Waals surface area contributed by atoms with Crippen molar-refractivity contribution < 1.29 is 4.74 Å². The van der Waals surface area contributed by atoms with Gasteiger partial charge in [-0.2, -0.15) is 10.2 Å². The number of benzene rings is 1. The predicted octanol–water partition coefficient (Wildman–Crippen LogP) is 3.68. The average molecular weight is 433 g/mol. The molecule has 2 atom stereocenters. The molecular formula is C25H32N6O. The van der Waals surface area contributed by atoms with Crippen molar-refractivity contribution in [3.8, 4) is 16.9 Å². The Labute approximate surface area is 190 Å². The van der Waals surface area contributed by atoms with Gasteiger partial charge in [-0.15, -0.1) is 0 Å². The summed E-state index contributed by atoms with van der Waals surface area (Å²) in [5.41, 5.74) is 5.10. The Hall–Kier alpha value is -3.16. The molecule has 32 heavy (non-hydrogen) atoms. The average Bonchev–Trinajstić information content (AvgIpc) is 3.50. The van der Waals surface area contributed by atoms with Gasteiger partial charge in [0.15, 0.2) is 0 Å². The molecule has 4 rings (SSSR count). The van der Waals surface area contributed by atoms with Crippen LogP contribution in [0.15, 0.2) is 67.5 Å². The Morgan fingerprint density at radius 2 is 2.06 bits per heavy atom. The minimum Gasteiger partial charge on any atom is -0.383 e. The zero-order chi connectivity index (χ0) is 22.7. The number of nitrogens with zero attached hydrogens (tertiary/aromatic N) is 5. The number of hydrogen-bond acceptors (Lipinski definition) is 5. The molecule has 3 heterocycles. The standard InChI is InChI=1S/C25H32N6O/c1-6-18(2)22-16-30(12-13-32-5)17-23(22)27-25-19(3)24(20-14-26-29(4)15-20)28-31(25)21-10-8-7-9-11-21/h6-11,14-15,22-23,27H,1-2,12-13,16-17H2,3-5H3/t22-,23?/m0/s1. The molecule has 1 unspecified atom stereocenters. The van der Waals surface area contributed by atoms with Crippen LogP contribution in [0.2, 0.25) is 0 Å². The summed E-state index contributed by atoms with van der Waals surface area (Å²) in [6, 6.07) is 10.4. The number of allylic oxidation sites excluding steroid dienone is 1. The first-order chi connectivity index (χ1) is 15.5. The second-order valence-electron chi connectivity index (χ2n) is 8.36. The van der Waals surface area contributed by atoms with Crippen molar-refractivity contribution in [2.24, 2.45) is 13.0 Å². The van der Waals surface area contributed by atoms with Crippen LogP contribution in [-0.2, 0) is 11.8 Å². The van der Waals surface area contributed by atoms with Gasteiger partial charge in [-0.25, -0.2) is 4.68 Å². The van der Waals surface area contributed by atoms with E-state index in [-0.39, 0.29) is 12.0 Å². The van der Waals surface area contributed by atoms with Crippen LogP contribution < -0.4 is 5.32 Å². The molecule has 3 aromatic rings. The molecule has 1 saturated heterocycles. The van der Waals surface area contributed by atoms with Gasteiger partial charge in [-0.1, -0.05) is 37.4 Å². The van der Waals surface area contributed by atoms with Crippen LogP contribution in [-0.4, -0.2) is 63.9 Å². The topological polar surface area (TPSA) is 60.1 Å². The van der Waals surface area contributed by atoms with E-state index >= 15 is 0 Å².